The van der Waals surface area contributed by atoms with Gasteiger partial charge in [-0.3, -0.25) is 5.32 Å². The molecule has 1 aliphatic heterocycles. The summed E-state index contributed by atoms with van der Waals surface area (Å²) in [5.41, 5.74) is 0. The molecule has 1 aromatic heterocycles. The van der Waals surface area contributed by atoms with Crippen LogP contribution in [0.15, 0.2) is 24.4 Å². The Morgan fingerprint density at radius 3 is 3.08 bits per heavy atom. The highest BCUT2D eigenvalue weighted by molar-refractivity contribution is 5.37. The second-order valence-corrected chi connectivity index (χ2v) is 2.96. The summed E-state index contributed by atoms with van der Waals surface area (Å²) in [6.45, 7) is 3.17. The molecule has 0 unspecified atom stereocenters. The van der Waals surface area contributed by atoms with Gasteiger partial charge in [0, 0.05) is 12.7 Å². The average molecular weight is 163 g/mol. The van der Waals surface area contributed by atoms with Gasteiger partial charge in [0.05, 0.1) is 6.67 Å². The SMILES string of the molecule is c1ccc(N2CCCNC2)nc1. The summed E-state index contributed by atoms with van der Waals surface area (Å²) in [4.78, 5) is 6.54. The average Bonchev–Trinajstić information content (AvgIpc) is 2.21. The molecule has 0 saturated carbocycles. The molecule has 1 aromatic rings. The van der Waals surface area contributed by atoms with Gasteiger partial charge in [-0.05, 0) is 25.1 Å². The van der Waals surface area contributed by atoms with Gasteiger partial charge in [-0.15, -0.1) is 0 Å². The fourth-order valence-electron chi connectivity index (χ4n) is 1.42. The lowest BCUT2D eigenvalue weighted by molar-refractivity contribution is 0.549. The molecule has 1 fully saturated rings. The van der Waals surface area contributed by atoms with Crippen molar-refractivity contribution in [1.29, 1.82) is 0 Å². The molecular formula is C9H13N3. The lowest BCUT2D eigenvalue weighted by Gasteiger charge is -2.28. The number of hydrogen-bond donors (Lipinski definition) is 1. The van der Waals surface area contributed by atoms with Crippen molar-refractivity contribution in [2.45, 2.75) is 6.42 Å². The maximum atomic E-state index is 4.29. The Kier molecular flexibility index (Phi) is 2.23. The van der Waals surface area contributed by atoms with Crippen LogP contribution in [-0.2, 0) is 0 Å². The molecule has 0 radical (unpaired) electrons. The molecule has 0 aliphatic carbocycles. The second kappa shape index (κ2) is 3.54. The van der Waals surface area contributed by atoms with Crippen molar-refractivity contribution >= 4 is 5.82 Å². The maximum absolute atomic E-state index is 4.29. The van der Waals surface area contributed by atoms with Crippen LogP contribution in [0.3, 0.4) is 0 Å². The molecule has 12 heavy (non-hydrogen) atoms. The van der Waals surface area contributed by atoms with Crippen LogP contribution in [0, 0.1) is 0 Å². The Balaban J connectivity index is 2.08. The molecule has 1 N–H and O–H groups in total. The van der Waals surface area contributed by atoms with Gasteiger partial charge in [0.1, 0.15) is 5.82 Å². The molecule has 2 rings (SSSR count). The summed E-state index contributed by atoms with van der Waals surface area (Å²) in [6.07, 6.45) is 3.04. The third-order valence-electron chi connectivity index (χ3n) is 2.06. The number of nitrogens with one attached hydrogen (secondary N) is 1. The molecule has 0 spiro atoms. The Hall–Kier alpha value is -1.09. The van der Waals surface area contributed by atoms with E-state index in [0.29, 0.717) is 0 Å². The zero-order valence-electron chi connectivity index (χ0n) is 7.03. The van der Waals surface area contributed by atoms with Crippen LogP contribution in [-0.4, -0.2) is 24.7 Å². The number of rotatable bonds is 1. The first kappa shape index (κ1) is 7.55. The van der Waals surface area contributed by atoms with E-state index >= 15 is 0 Å². The molecule has 3 heteroatoms. The summed E-state index contributed by atoms with van der Waals surface area (Å²) in [7, 11) is 0. The summed E-state index contributed by atoms with van der Waals surface area (Å²) in [5, 5.41) is 3.32. The second-order valence-electron chi connectivity index (χ2n) is 2.96. The standard InChI is InChI=1S/C9H13N3/c1-2-6-11-9(4-1)12-7-3-5-10-8-12/h1-2,4,6,10H,3,5,7-8H2. The molecule has 1 saturated heterocycles. The van der Waals surface area contributed by atoms with Crippen molar-refractivity contribution < 1.29 is 0 Å². The van der Waals surface area contributed by atoms with E-state index in [4.69, 9.17) is 0 Å². The molecule has 0 atom stereocenters. The Bertz CT molecular complexity index is 229. The smallest absolute Gasteiger partial charge is 0.129 e. The number of aromatic nitrogens is 1. The molecule has 3 nitrogen and oxygen atoms in total. The van der Waals surface area contributed by atoms with E-state index in [1.807, 2.05) is 24.4 Å². The number of nitrogens with zero attached hydrogens (tertiary/aromatic N) is 2. The predicted molar refractivity (Wildman–Crippen MR) is 49.1 cm³/mol. The van der Waals surface area contributed by atoms with Crippen molar-refractivity contribution in [2.75, 3.05) is 24.7 Å². The van der Waals surface area contributed by atoms with Gasteiger partial charge in [-0.2, -0.15) is 0 Å². The summed E-state index contributed by atoms with van der Waals surface area (Å²) < 4.78 is 0. The van der Waals surface area contributed by atoms with Crippen molar-refractivity contribution in [3.8, 4) is 0 Å². The molecule has 0 bridgehead atoms. The van der Waals surface area contributed by atoms with E-state index in [1.165, 1.54) is 6.42 Å². The summed E-state index contributed by atoms with van der Waals surface area (Å²) >= 11 is 0. The van der Waals surface area contributed by atoms with Crippen LogP contribution in [0.1, 0.15) is 6.42 Å². The zero-order chi connectivity index (χ0) is 8.23. The van der Waals surface area contributed by atoms with Crippen LogP contribution < -0.4 is 10.2 Å². The Morgan fingerprint density at radius 1 is 1.42 bits per heavy atom. The third kappa shape index (κ3) is 1.56. The van der Waals surface area contributed by atoms with Crippen molar-refractivity contribution in [3.05, 3.63) is 24.4 Å². The zero-order valence-corrected chi connectivity index (χ0v) is 7.03. The van der Waals surface area contributed by atoms with Crippen LogP contribution in [0.4, 0.5) is 5.82 Å². The van der Waals surface area contributed by atoms with Crippen molar-refractivity contribution in [1.82, 2.24) is 10.3 Å². The van der Waals surface area contributed by atoms with E-state index in [2.05, 4.69) is 15.2 Å². The van der Waals surface area contributed by atoms with E-state index in [0.717, 1.165) is 25.6 Å². The highest BCUT2D eigenvalue weighted by Gasteiger charge is 2.09. The van der Waals surface area contributed by atoms with Crippen LogP contribution >= 0.6 is 0 Å². The first-order valence-corrected chi connectivity index (χ1v) is 4.33. The fraction of sp³-hybridized carbons (Fsp3) is 0.444. The number of pyridine rings is 1. The van der Waals surface area contributed by atoms with Crippen LogP contribution in [0.25, 0.3) is 0 Å². The van der Waals surface area contributed by atoms with Crippen molar-refractivity contribution in [2.24, 2.45) is 0 Å². The summed E-state index contributed by atoms with van der Waals surface area (Å²) in [5.74, 6) is 1.07. The molecule has 0 aromatic carbocycles. The van der Waals surface area contributed by atoms with E-state index < -0.39 is 0 Å². The van der Waals surface area contributed by atoms with E-state index in [1.54, 1.807) is 0 Å². The van der Waals surface area contributed by atoms with E-state index in [-0.39, 0.29) is 0 Å². The number of anilines is 1. The molecule has 64 valence electrons. The highest BCUT2D eigenvalue weighted by Crippen LogP contribution is 2.09. The molecular weight excluding hydrogens is 150 g/mol. The van der Waals surface area contributed by atoms with Gasteiger partial charge in [-0.1, -0.05) is 6.07 Å². The van der Waals surface area contributed by atoms with Crippen LogP contribution in [0.2, 0.25) is 0 Å². The van der Waals surface area contributed by atoms with Gasteiger partial charge in [0.15, 0.2) is 0 Å². The topological polar surface area (TPSA) is 28.2 Å². The Labute approximate surface area is 72.4 Å². The highest BCUT2D eigenvalue weighted by atomic mass is 15.3. The van der Waals surface area contributed by atoms with Gasteiger partial charge in [0.25, 0.3) is 0 Å². The third-order valence-corrected chi connectivity index (χ3v) is 2.06. The minimum atomic E-state index is 0.928. The van der Waals surface area contributed by atoms with Crippen LogP contribution in [0.5, 0.6) is 0 Å². The quantitative estimate of drug-likeness (QED) is 0.665. The molecule has 0 amide bonds. The fourth-order valence-corrected chi connectivity index (χ4v) is 1.42. The van der Waals surface area contributed by atoms with Gasteiger partial charge in [-0.25, -0.2) is 4.98 Å². The lowest BCUT2D eigenvalue weighted by atomic mass is 10.3. The normalized spacial score (nSPS) is 17.8. The monoisotopic (exact) mass is 163 g/mol. The maximum Gasteiger partial charge on any atom is 0.129 e. The largest absolute Gasteiger partial charge is 0.344 e. The van der Waals surface area contributed by atoms with E-state index in [9.17, 15) is 0 Å². The van der Waals surface area contributed by atoms with Gasteiger partial charge < -0.3 is 4.90 Å². The summed E-state index contributed by atoms with van der Waals surface area (Å²) in [6, 6.07) is 6.02. The predicted octanol–water partition coefficient (Wildman–Crippen LogP) is 0.839. The lowest BCUT2D eigenvalue weighted by Crippen LogP contribution is -2.41. The number of hydrogen-bond acceptors (Lipinski definition) is 3. The Morgan fingerprint density at radius 2 is 2.42 bits per heavy atom. The minimum Gasteiger partial charge on any atom is -0.344 e. The van der Waals surface area contributed by atoms with Gasteiger partial charge >= 0.3 is 0 Å². The first-order valence-electron chi connectivity index (χ1n) is 4.33. The van der Waals surface area contributed by atoms with Gasteiger partial charge in [0.2, 0.25) is 0 Å². The van der Waals surface area contributed by atoms with Crippen molar-refractivity contribution in [3.63, 3.8) is 0 Å². The first-order chi connectivity index (χ1) is 5.97. The molecule has 2 heterocycles. The molecule has 1 aliphatic rings. The minimum absolute atomic E-state index is 0.928.